The number of urea groups is 1. The van der Waals surface area contributed by atoms with Crippen LogP contribution in [0.5, 0.6) is 0 Å². The molecule has 0 unspecified atom stereocenters. The average Bonchev–Trinajstić information content (AvgIpc) is 3.35. The molecule has 1 fully saturated rings. The van der Waals surface area contributed by atoms with E-state index in [2.05, 4.69) is 16.0 Å². The minimum Gasteiger partial charge on any atom is -0.460 e. The predicted octanol–water partition coefficient (Wildman–Crippen LogP) is 2.28. The Hall–Kier alpha value is -4.86. The zero-order valence-corrected chi connectivity index (χ0v) is 29.3. The summed E-state index contributed by atoms with van der Waals surface area (Å²) in [6.07, 6.45) is 0.00853. The standard InChI is InChI=1S/C34H49N5O11/c1-21(2)30(38-26(41)14-17-48-18-15-29(44)50-39-27(42)12-13-28(39)43)25(40)19-23(7-6-16-36-33(35)47)31(45)37-24-10-8-22(9-11-24)20-49-32(46)34(3,4)5/h8-11,21,23,30H,6-7,12-20H2,1-5H3,(H,37,45)(H,38,41)(H3,35,36,47)/t23-,30+/m0/s1. The molecule has 1 aromatic carbocycles. The maximum Gasteiger partial charge on any atom is 0.335 e. The Morgan fingerprint density at radius 3 is 2.14 bits per heavy atom. The molecule has 5 N–H and O–H groups in total. The number of imide groups is 1. The maximum atomic E-state index is 13.4. The first kappa shape index (κ1) is 41.3. The van der Waals surface area contributed by atoms with Gasteiger partial charge in [-0.05, 0) is 57.2 Å². The summed E-state index contributed by atoms with van der Waals surface area (Å²) in [5.74, 6) is -4.72. The van der Waals surface area contributed by atoms with Gasteiger partial charge in [0.05, 0.1) is 31.1 Å². The van der Waals surface area contributed by atoms with E-state index in [1.54, 1.807) is 58.9 Å². The van der Waals surface area contributed by atoms with Crippen molar-refractivity contribution in [1.29, 1.82) is 0 Å². The van der Waals surface area contributed by atoms with Gasteiger partial charge in [0.15, 0.2) is 5.78 Å². The number of amides is 6. The van der Waals surface area contributed by atoms with E-state index in [4.69, 9.17) is 20.0 Å². The summed E-state index contributed by atoms with van der Waals surface area (Å²) in [7, 11) is 0. The van der Waals surface area contributed by atoms with Crippen molar-refractivity contribution < 1.29 is 52.7 Å². The number of ether oxygens (including phenoxy) is 2. The highest BCUT2D eigenvalue weighted by atomic mass is 16.7. The maximum absolute atomic E-state index is 13.4. The summed E-state index contributed by atoms with van der Waals surface area (Å²) in [5, 5.41) is 8.42. The second-order valence-corrected chi connectivity index (χ2v) is 13.3. The van der Waals surface area contributed by atoms with Crippen molar-refractivity contribution in [2.45, 2.75) is 92.2 Å². The molecule has 0 saturated carbocycles. The predicted molar refractivity (Wildman–Crippen MR) is 178 cm³/mol. The molecular formula is C34H49N5O11. The largest absolute Gasteiger partial charge is 0.460 e. The number of esters is 1. The number of carbonyl (C=O) groups is 8. The van der Waals surface area contributed by atoms with Crippen molar-refractivity contribution >= 4 is 53.1 Å². The summed E-state index contributed by atoms with van der Waals surface area (Å²) in [6, 6.07) is 5.12. The number of hydrogen-bond donors (Lipinski definition) is 4. The number of Topliss-reactive ketones (excluding diaryl/α,β-unsaturated/α-hetero) is 1. The van der Waals surface area contributed by atoms with E-state index >= 15 is 0 Å². The Bertz CT molecular complexity index is 1370. The monoisotopic (exact) mass is 703 g/mol. The van der Waals surface area contributed by atoms with Crippen molar-refractivity contribution in [1.82, 2.24) is 15.7 Å². The normalized spacial score (nSPS) is 14.2. The number of rotatable bonds is 20. The first-order chi connectivity index (χ1) is 23.5. The third-order valence-corrected chi connectivity index (χ3v) is 7.50. The summed E-state index contributed by atoms with van der Waals surface area (Å²) >= 11 is 0. The molecule has 2 rings (SSSR count). The average molecular weight is 704 g/mol. The van der Waals surface area contributed by atoms with Gasteiger partial charge in [-0.2, -0.15) is 0 Å². The molecule has 16 nitrogen and oxygen atoms in total. The molecule has 1 aliphatic rings. The van der Waals surface area contributed by atoms with E-state index in [-0.39, 0.29) is 82.6 Å². The minimum atomic E-state index is -0.901. The molecule has 1 saturated heterocycles. The summed E-state index contributed by atoms with van der Waals surface area (Å²) in [6.45, 7) is 8.86. The van der Waals surface area contributed by atoms with Crippen LogP contribution in [-0.2, 0) is 54.5 Å². The van der Waals surface area contributed by atoms with Gasteiger partial charge >= 0.3 is 18.0 Å². The smallest absolute Gasteiger partial charge is 0.335 e. The van der Waals surface area contributed by atoms with E-state index < -0.39 is 53.0 Å². The number of hydroxylamine groups is 2. The van der Waals surface area contributed by atoms with Gasteiger partial charge in [-0.25, -0.2) is 9.59 Å². The molecule has 16 heteroatoms. The van der Waals surface area contributed by atoms with Crippen molar-refractivity contribution in [3.8, 4) is 0 Å². The lowest BCUT2D eigenvalue weighted by Gasteiger charge is -2.24. The number of hydrogen-bond acceptors (Lipinski definition) is 11. The van der Waals surface area contributed by atoms with Gasteiger partial charge in [-0.3, -0.25) is 28.8 Å². The molecule has 0 spiro atoms. The van der Waals surface area contributed by atoms with Gasteiger partial charge in [0.25, 0.3) is 11.8 Å². The first-order valence-corrected chi connectivity index (χ1v) is 16.5. The third-order valence-electron chi connectivity index (χ3n) is 7.50. The molecule has 0 aromatic heterocycles. The number of ketones is 1. The van der Waals surface area contributed by atoms with Crippen LogP contribution in [-0.4, -0.2) is 78.2 Å². The van der Waals surface area contributed by atoms with Crippen molar-refractivity contribution in [3.63, 3.8) is 0 Å². The number of nitrogens with two attached hydrogens (primary N) is 1. The second kappa shape index (κ2) is 20.0. The molecule has 1 heterocycles. The number of nitrogens with zero attached hydrogens (tertiary/aromatic N) is 1. The zero-order chi connectivity index (χ0) is 37.4. The number of nitrogens with one attached hydrogen (secondary N) is 3. The lowest BCUT2D eigenvalue weighted by atomic mass is 9.89. The number of primary amides is 1. The van der Waals surface area contributed by atoms with Crippen LogP contribution in [0.2, 0.25) is 0 Å². The third kappa shape index (κ3) is 14.7. The van der Waals surface area contributed by atoms with Gasteiger partial charge in [-0.15, -0.1) is 5.06 Å². The molecular weight excluding hydrogens is 654 g/mol. The minimum absolute atomic E-state index is 0.0192. The van der Waals surface area contributed by atoms with Crippen LogP contribution in [0.4, 0.5) is 10.5 Å². The Kier molecular flexibility index (Phi) is 16.5. The van der Waals surface area contributed by atoms with Crippen LogP contribution in [0.15, 0.2) is 24.3 Å². The van der Waals surface area contributed by atoms with Gasteiger partial charge in [0, 0.05) is 43.8 Å². The van der Waals surface area contributed by atoms with E-state index in [1.807, 2.05) is 0 Å². The van der Waals surface area contributed by atoms with Crippen LogP contribution in [0.1, 0.15) is 85.1 Å². The van der Waals surface area contributed by atoms with Gasteiger partial charge in [0.2, 0.25) is 11.8 Å². The first-order valence-electron chi connectivity index (χ1n) is 16.5. The van der Waals surface area contributed by atoms with E-state index in [9.17, 15) is 38.4 Å². The van der Waals surface area contributed by atoms with Gasteiger partial charge in [0.1, 0.15) is 6.61 Å². The Morgan fingerprint density at radius 2 is 1.56 bits per heavy atom. The molecule has 6 amide bonds. The highest BCUT2D eigenvalue weighted by molar-refractivity contribution is 6.01. The van der Waals surface area contributed by atoms with Gasteiger partial charge in [-0.1, -0.05) is 26.0 Å². The van der Waals surface area contributed by atoms with Crippen molar-refractivity contribution in [2.24, 2.45) is 23.0 Å². The van der Waals surface area contributed by atoms with Crippen LogP contribution < -0.4 is 21.7 Å². The fourth-order valence-corrected chi connectivity index (χ4v) is 4.64. The molecule has 1 aliphatic heterocycles. The SMILES string of the molecule is CC(C)[C@@H](NC(=O)CCOCCC(=O)ON1C(=O)CCC1=O)C(=O)C[C@H](CCCNC(N)=O)C(=O)Nc1ccc(COC(=O)C(C)(C)C)cc1. The Morgan fingerprint density at radius 1 is 0.940 bits per heavy atom. The highest BCUT2D eigenvalue weighted by Gasteiger charge is 2.33. The number of carbonyl (C=O) groups excluding carboxylic acids is 8. The van der Waals surface area contributed by atoms with Gasteiger partial charge < -0.3 is 36.0 Å². The van der Waals surface area contributed by atoms with Crippen molar-refractivity contribution in [3.05, 3.63) is 29.8 Å². The van der Waals surface area contributed by atoms with Crippen LogP contribution in [0.25, 0.3) is 0 Å². The second-order valence-electron chi connectivity index (χ2n) is 13.3. The molecule has 2 atom stereocenters. The fourth-order valence-electron chi connectivity index (χ4n) is 4.64. The van der Waals surface area contributed by atoms with Crippen LogP contribution in [0, 0.1) is 17.3 Å². The Balaban J connectivity index is 1.92. The molecule has 0 aliphatic carbocycles. The topological polar surface area (TPSA) is 230 Å². The lowest BCUT2D eigenvalue weighted by molar-refractivity contribution is -0.198. The summed E-state index contributed by atoms with van der Waals surface area (Å²) in [5.41, 5.74) is 5.69. The van der Waals surface area contributed by atoms with Crippen LogP contribution >= 0.6 is 0 Å². The molecule has 1 aromatic rings. The molecule has 50 heavy (non-hydrogen) atoms. The van der Waals surface area contributed by atoms with E-state index in [1.165, 1.54) is 0 Å². The molecule has 0 bridgehead atoms. The molecule has 276 valence electrons. The van der Waals surface area contributed by atoms with Crippen LogP contribution in [0.3, 0.4) is 0 Å². The fraction of sp³-hybridized carbons (Fsp3) is 0.588. The number of anilines is 1. The molecule has 0 radical (unpaired) electrons. The van der Waals surface area contributed by atoms with E-state index in [0.29, 0.717) is 17.2 Å². The number of benzene rings is 1. The lowest BCUT2D eigenvalue weighted by Crippen LogP contribution is -2.45. The van der Waals surface area contributed by atoms with E-state index in [0.717, 1.165) is 5.56 Å². The zero-order valence-electron chi connectivity index (χ0n) is 29.3. The summed E-state index contributed by atoms with van der Waals surface area (Å²) in [4.78, 5) is 102. The summed E-state index contributed by atoms with van der Waals surface area (Å²) < 4.78 is 10.6. The highest BCUT2D eigenvalue weighted by Crippen LogP contribution is 2.21. The quantitative estimate of drug-likeness (QED) is 0.0874. The van der Waals surface area contributed by atoms with Crippen molar-refractivity contribution in [2.75, 3.05) is 25.1 Å². The Labute approximate surface area is 291 Å².